The van der Waals surface area contributed by atoms with Gasteiger partial charge in [0.2, 0.25) is 0 Å². The highest BCUT2D eigenvalue weighted by Crippen LogP contribution is 2.09. The van der Waals surface area contributed by atoms with Gasteiger partial charge in [-0.1, -0.05) is 13.3 Å². The lowest BCUT2D eigenvalue weighted by molar-refractivity contribution is -0.140. The lowest BCUT2D eigenvalue weighted by atomic mass is 10.2. The van der Waals surface area contributed by atoms with Gasteiger partial charge in [-0.3, -0.25) is 4.79 Å². The van der Waals surface area contributed by atoms with Crippen LogP contribution in [-0.2, 0) is 9.53 Å². The summed E-state index contributed by atoms with van der Waals surface area (Å²) < 4.78 is 4.44. The van der Waals surface area contributed by atoms with Gasteiger partial charge >= 0.3 is 5.97 Å². The van der Waals surface area contributed by atoms with Crippen LogP contribution >= 0.6 is 11.6 Å². The lowest BCUT2D eigenvalue weighted by Crippen LogP contribution is -2.08. The number of methoxy groups -OCH3 is 1. The maximum Gasteiger partial charge on any atom is 0.307 e. The minimum atomic E-state index is -0.228. The summed E-state index contributed by atoms with van der Waals surface area (Å²) in [5.41, 5.74) is 0. The molecule has 1 atom stereocenters. The average molecular weight is 165 g/mol. The number of carbonyl (C=O) groups excluding carboxylic acids is 1. The lowest BCUT2D eigenvalue weighted by Gasteiger charge is -2.04. The first-order valence-electron chi connectivity index (χ1n) is 3.41. The van der Waals surface area contributed by atoms with Crippen molar-refractivity contribution >= 4 is 17.6 Å². The van der Waals surface area contributed by atoms with Crippen LogP contribution in [0.2, 0.25) is 0 Å². The number of rotatable bonds is 4. The maximum absolute atomic E-state index is 10.6. The van der Waals surface area contributed by atoms with Crippen molar-refractivity contribution in [3.63, 3.8) is 0 Å². The van der Waals surface area contributed by atoms with Gasteiger partial charge < -0.3 is 4.74 Å². The van der Waals surface area contributed by atoms with E-state index in [1.807, 2.05) is 6.92 Å². The van der Waals surface area contributed by atoms with E-state index in [-0.39, 0.29) is 11.3 Å². The predicted molar refractivity (Wildman–Crippen MR) is 41.2 cm³/mol. The van der Waals surface area contributed by atoms with E-state index in [1.54, 1.807) is 0 Å². The number of hydrogen-bond donors (Lipinski definition) is 0. The van der Waals surface area contributed by atoms with Crippen molar-refractivity contribution in [1.82, 2.24) is 0 Å². The van der Waals surface area contributed by atoms with E-state index in [0.717, 1.165) is 12.8 Å². The molecular weight excluding hydrogens is 152 g/mol. The normalized spacial score (nSPS) is 12.7. The molecule has 0 heterocycles. The first kappa shape index (κ1) is 9.76. The van der Waals surface area contributed by atoms with E-state index < -0.39 is 0 Å². The molecule has 3 heteroatoms. The van der Waals surface area contributed by atoms with Crippen molar-refractivity contribution in [2.75, 3.05) is 7.11 Å². The van der Waals surface area contributed by atoms with Crippen LogP contribution < -0.4 is 0 Å². The minimum Gasteiger partial charge on any atom is -0.469 e. The third-order valence-corrected chi connectivity index (χ3v) is 1.59. The van der Waals surface area contributed by atoms with Gasteiger partial charge in [0.05, 0.1) is 13.5 Å². The summed E-state index contributed by atoms with van der Waals surface area (Å²) in [4.78, 5) is 10.6. The first-order chi connectivity index (χ1) is 4.70. The van der Waals surface area contributed by atoms with Crippen LogP contribution in [0, 0.1) is 0 Å². The van der Waals surface area contributed by atoms with Crippen LogP contribution in [0.5, 0.6) is 0 Å². The topological polar surface area (TPSA) is 26.3 Å². The third-order valence-electron chi connectivity index (χ3n) is 1.22. The van der Waals surface area contributed by atoms with Crippen molar-refractivity contribution < 1.29 is 9.53 Å². The average Bonchev–Trinajstić information content (AvgIpc) is 1.88. The molecule has 1 unspecified atom stereocenters. The largest absolute Gasteiger partial charge is 0.469 e. The quantitative estimate of drug-likeness (QED) is 0.469. The Balaban J connectivity index is 3.37. The Kier molecular flexibility index (Phi) is 5.40. The van der Waals surface area contributed by atoms with E-state index in [4.69, 9.17) is 11.6 Å². The van der Waals surface area contributed by atoms with Crippen LogP contribution in [-0.4, -0.2) is 18.5 Å². The molecule has 0 amide bonds. The van der Waals surface area contributed by atoms with Crippen LogP contribution in [0.15, 0.2) is 0 Å². The van der Waals surface area contributed by atoms with Gasteiger partial charge in [0.1, 0.15) is 0 Å². The molecule has 0 rings (SSSR count). The molecule has 0 saturated carbocycles. The number of halogens is 1. The molecule has 0 bridgehead atoms. The zero-order valence-corrected chi connectivity index (χ0v) is 7.15. The molecule has 0 N–H and O–H groups in total. The molecule has 0 fully saturated rings. The highest BCUT2D eigenvalue weighted by molar-refractivity contribution is 6.21. The van der Waals surface area contributed by atoms with E-state index in [1.165, 1.54) is 7.11 Å². The highest BCUT2D eigenvalue weighted by atomic mass is 35.5. The fourth-order valence-corrected chi connectivity index (χ4v) is 1.02. The molecule has 0 aromatic heterocycles. The van der Waals surface area contributed by atoms with Gasteiger partial charge in [-0.15, -0.1) is 11.6 Å². The van der Waals surface area contributed by atoms with Crippen LogP contribution in [0.25, 0.3) is 0 Å². The predicted octanol–water partition coefficient (Wildman–Crippen LogP) is 1.96. The second-order valence-electron chi connectivity index (χ2n) is 2.17. The molecule has 0 aliphatic carbocycles. The van der Waals surface area contributed by atoms with Crippen molar-refractivity contribution in [3.8, 4) is 0 Å². The van der Waals surface area contributed by atoms with Gasteiger partial charge in [-0.25, -0.2) is 0 Å². The molecule has 60 valence electrons. The van der Waals surface area contributed by atoms with Gasteiger partial charge in [0.25, 0.3) is 0 Å². The standard InChI is InChI=1S/C7H13ClO2/c1-3-4-6(8)5-7(9)10-2/h6H,3-5H2,1-2H3. The monoisotopic (exact) mass is 164 g/mol. The van der Waals surface area contributed by atoms with E-state index in [2.05, 4.69) is 4.74 Å². The summed E-state index contributed by atoms with van der Waals surface area (Å²) in [5, 5.41) is -0.0579. The molecule has 0 spiro atoms. The minimum absolute atomic E-state index is 0.0579. The van der Waals surface area contributed by atoms with Crippen molar-refractivity contribution in [2.45, 2.75) is 31.6 Å². The number of carbonyl (C=O) groups is 1. The van der Waals surface area contributed by atoms with Gasteiger partial charge in [-0.2, -0.15) is 0 Å². The number of esters is 1. The molecule has 10 heavy (non-hydrogen) atoms. The van der Waals surface area contributed by atoms with Gasteiger partial charge in [0.15, 0.2) is 0 Å². The van der Waals surface area contributed by atoms with Crippen molar-refractivity contribution in [1.29, 1.82) is 0 Å². The van der Waals surface area contributed by atoms with Crippen molar-refractivity contribution in [3.05, 3.63) is 0 Å². The Morgan fingerprint density at radius 2 is 2.30 bits per heavy atom. The molecule has 0 radical (unpaired) electrons. The molecule has 2 nitrogen and oxygen atoms in total. The fraction of sp³-hybridized carbons (Fsp3) is 0.857. The van der Waals surface area contributed by atoms with E-state index in [0.29, 0.717) is 6.42 Å². The number of ether oxygens (including phenoxy) is 1. The summed E-state index contributed by atoms with van der Waals surface area (Å²) in [7, 11) is 1.37. The Hall–Kier alpha value is -0.240. The maximum atomic E-state index is 10.6. The Bertz CT molecular complexity index is 104. The summed E-state index contributed by atoms with van der Waals surface area (Å²) in [6.07, 6.45) is 2.20. The Morgan fingerprint density at radius 1 is 1.70 bits per heavy atom. The second-order valence-corrected chi connectivity index (χ2v) is 2.78. The number of alkyl halides is 1. The van der Waals surface area contributed by atoms with E-state index >= 15 is 0 Å². The molecule has 0 saturated heterocycles. The summed E-state index contributed by atoms with van der Waals surface area (Å²) in [5.74, 6) is -0.228. The van der Waals surface area contributed by atoms with Crippen LogP contribution in [0.3, 0.4) is 0 Å². The second kappa shape index (κ2) is 5.54. The zero-order chi connectivity index (χ0) is 7.98. The third kappa shape index (κ3) is 4.62. The molecule has 0 aromatic carbocycles. The van der Waals surface area contributed by atoms with Crippen LogP contribution in [0.4, 0.5) is 0 Å². The molecular formula is C7H13ClO2. The van der Waals surface area contributed by atoms with E-state index in [9.17, 15) is 4.79 Å². The van der Waals surface area contributed by atoms with Gasteiger partial charge in [0, 0.05) is 5.38 Å². The molecule has 0 aliphatic heterocycles. The molecule has 0 aromatic rings. The smallest absolute Gasteiger partial charge is 0.307 e. The SMILES string of the molecule is CCCC(Cl)CC(=O)OC. The van der Waals surface area contributed by atoms with Gasteiger partial charge in [-0.05, 0) is 6.42 Å². The zero-order valence-electron chi connectivity index (χ0n) is 6.39. The Morgan fingerprint density at radius 3 is 2.70 bits per heavy atom. The van der Waals surface area contributed by atoms with Crippen molar-refractivity contribution in [2.24, 2.45) is 0 Å². The fourth-order valence-electron chi connectivity index (χ4n) is 0.679. The summed E-state index contributed by atoms with van der Waals surface area (Å²) in [6, 6.07) is 0. The van der Waals surface area contributed by atoms with Crippen LogP contribution in [0.1, 0.15) is 26.2 Å². The number of hydrogen-bond acceptors (Lipinski definition) is 2. The molecule has 0 aliphatic rings. The summed E-state index contributed by atoms with van der Waals surface area (Å²) in [6.45, 7) is 2.03. The summed E-state index contributed by atoms with van der Waals surface area (Å²) >= 11 is 5.75. The highest BCUT2D eigenvalue weighted by Gasteiger charge is 2.08. The first-order valence-corrected chi connectivity index (χ1v) is 3.85. The Labute approximate surface area is 66.5 Å².